The van der Waals surface area contributed by atoms with Gasteiger partial charge >= 0.3 is 0 Å². The number of rotatable bonds is 7. The van der Waals surface area contributed by atoms with Crippen molar-refractivity contribution in [2.75, 3.05) is 66.1 Å². The zero-order chi connectivity index (χ0) is 25.8. The summed E-state index contributed by atoms with van der Waals surface area (Å²) in [6.07, 6.45) is 6.50. The fraction of sp³-hybridized carbons (Fsp3) is 0.630. The van der Waals surface area contributed by atoms with E-state index < -0.39 is 10.0 Å². The highest BCUT2D eigenvalue weighted by molar-refractivity contribution is 7.89. The Morgan fingerprint density at radius 1 is 0.949 bits per heavy atom. The van der Waals surface area contributed by atoms with E-state index in [0.717, 1.165) is 63.9 Å². The maximum atomic E-state index is 13.7. The second kappa shape index (κ2) is 14.4. The largest absolute Gasteiger partial charge is 0.370 e. The third-order valence-electron chi connectivity index (χ3n) is 8.16. The molecule has 0 radical (unpaired) electrons. The molecular formula is C27H41Cl2N5O4S. The van der Waals surface area contributed by atoms with Crippen LogP contribution in [-0.4, -0.2) is 116 Å². The number of para-hydroxylation sites is 1. The van der Waals surface area contributed by atoms with Crippen LogP contribution < -0.4 is 0 Å². The maximum absolute atomic E-state index is 13.7. The van der Waals surface area contributed by atoms with E-state index in [4.69, 9.17) is 4.74 Å². The normalized spacial score (nSPS) is 22.3. The average Bonchev–Trinajstić information content (AvgIpc) is 2.93. The van der Waals surface area contributed by atoms with Crippen molar-refractivity contribution >= 4 is 51.6 Å². The number of piperidine rings is 2. The van der Waals surface area contributed by atoms with Crippen molar-refractivity contribution in [1.29, 1.82) is 0 Å². The number of carbonyl (C=O) groups excluding carboxylic acids is 1. The Hall–Kier alpha value is -1.53. The molecule has 3 aliphatic rings. The van der Waals surface area contributed by atoms with Gasteiger partial charge in [0.1, 0.15) is 11.5 Å². The van der Waals surface area contributed by atoms with E-state index in [1.807, 2.05) is 23.1 Å². The second-order valence-corrected chi connectivity index (χ2v) is 12.4. The monoisotopic (exact) mass is 601 g/mol. The lowest BCUT2D eigenvalue weighted by atomic mass is 10.0. The van der Waals surface area contributed by atoms with Crippen molar-refractivity contribution in [2.45, 2.75) is 49.1 Å². The van der Waals surface area contributed by atoms with Gasteiger partial charge < -0.3 is 14.5 Å². The molecular weight excluding hydrogens is 561 g/mol. The van der Waals surface area contributed by atoms with Gasteiger partial charge in [-0.2, -0.15) is 4.31 Å². The summed E-state index contributed by atoms with van der Waals surface area (Å²) in [5.74, 6) is -0.00787. The Morgan fingerprint density at radius 3 is 2.41 bits per heavy atom. The molecule has 0 N–H and O–H groups in total. The molecule has 218 valence electrons. The quantitative estimate of drug-likeness (QED) is 0.482. The molecule has 0 spiro atoms. The standard InChI is InChI=1S/C27H39N5O4S.2ClH/c1-29-14-10-23(11-15-29)30-16-18-31(19-17-30)26(33)21-36-20-24-8-2-3-13-32(24)37(34,35)25-9-4-6-22-7-5-12-28-27(22)25;;/h4-7,9,12,23-24H,2-3,8,10-11,13-21H2,1H3;2*1H. The number of hydrogen-bond donors (Lipinski definition) is 0. The molecule has 39 heavy (non-hydrogen) atoms. The van der Waals surface area contributed by atoms with Crippen LogP contribution in [0.1, 0.15) is 32.1 Å². The van der Waals surface area contributed by atoms with Crippen LogP contribution in [0.3, 0.4) is 0 Å². The summed E-state index contributed by atoms with van der Waals surface area (Å²) >= 11 is 0. The molecule has 1 unspecified atom stereocenters. The Morgan fingerprint density at radius 2 is 1.67 bits per heavy atom. The van der Waals surface area contributed by atoms with Gasteiger partial charge in [0.2, 0.25) is 15.9 Å². The first kappa shape index (κ1) is 32.0. The summed E-state index contributed by atoms with van der Waals surface area (Å²) in [6.45, 7) is 6.23. The van der Waals surface area contributed by atoms with Crippen LogP contribution >= 0.6 is 24.8 Å². The molecule has 5 rings (SSSR count). The van der Waals surface area contributed by atoms with E-state index >= 15 is 0 Å². The lowest BCUT2D eigenvalue weighted by Crippen LogP contribution is -2.54. The number of piperazine rings is 1. The topological polar surface area (TPSA) is 86.3 Å². The van der Waals surface area contributed by atoms with E-state index in [-0.39, 0.29) is 54.9 Å². The number of sulfonamides is 1. The molecule has 1 aromatic carbocycles. The molecule has 3 aliphatic heterocycles. The molecule has 2 aromatic rings. The smallest absolute Gasteiger partial charge is 0.248 e. The molecule has 3 fully saturated rings. The van der Waals surface area contributed by atoms with Crippen LogP contribution in [0.15, 0.2) is 41.4 Å². The molecule has 4 heterocycles. The predicted octanol–water partition coefficient (Wildman–Crippen LogP) is 2.88. The fourth-order valence-electron chi connectivity index (χ4n) is 5.94. The van der Waals surface area contributed by atoms with Gasteiger partial charge in [0.25, 0.3) is 0 Å². The lowest BCUT2D eigenvalue weighted by molar-refractivity contribution is -0.138. The molecule has 1 atom stereocenters. The Balaban J connectivity index is 0.00000210. The summed E-state index contributed by atoms with van der Waals surface area (Å²) < 4.78 is 34.8. The van der Waals surface area contributed by atoms with E-state index in [0.29, 0.717) is 18.1 Å². The number of nitrogens with zero attached hydrogens (tertiary/aromatic N) is 5. The Bertz CT molecular complexity index is 1180. The van der Waals surface area contributed by atoms with E-state index in [1.54, 1.807) is 22.6 Å². The van der Waals surface area contributed by atoms with Crippen LogP contribution in [0.5, 0.6) is 0 Å². The third-order valence-corrected chi connectivity index (χ3v) is 10.1. The summed E-state index contributed by atoms with van der Waals surface area (Å²) in [6, 6.07) is 9.28. The first-order valence-corrected chi connectivity index (χ1v) is 15.0. The molecule has 1 amide bonds. The Labute approximate surface area is 244 Å². The molecule has 0 aliphatic carbocycles. The van der Waals surface area contributed by atoms with Gasteiger partial charge in [0.05, 0.1) is 12.1 Å². The van der Waals surface area contributed by atoms with Gasteiger partial charge in [-0.1, -0.05) is 24.6 Å². The zero-order valence-corrected chi connectivity index (χ0v) is 25.1. The number of likely N-dealkylation sites (tertiary alicyclic amines) is 1. The highest BCUT2D eigenvalue weighted by Gasteiger charge is 2.35. The lowest BCUT2D eigenvalue weighted by Gasteiger charge is -2.42. The molecule has 1 aromatic heterocycles. The van der Waals surface area contributed by atoms with Crippen LogP contribution in [0.25, 0.3) is 10.9 Å². The number of halogens is 2. The summed E-state index contributed by atoms with van der Waals surface area (Å²) in [4.78, 5) is 24.2. The third kappa shape index (κ3) is 7.41. The van der Waals surface area contributed by atoms with Crippen molar-refractivity contribution < 1.29 is 17.9 Å². The Kier molecular flexibility index (Phi) is 11.8. The van der Waals surface area contributed by atoms with Crippen molar-refractivity contribution in [3.8, 4) is 0 Å². The number of pyridine rings is 1. The number of benzene rings is 1. The molecule has 0 bridgehead atoms. The van der Waals surface area contributed by atoms with Crippen LogP contribution in [-0.2, 0) is 19.6 Å². The minimum absolute atomic E-state index is 0. The average molecular weight is 603 g/mol. The van der Waals surface area contributed by atoms with Gasteiger partial charge in [0, 0.05) is 56.4 Å². The van der Waals surface area contributed by atoms with Crippen LogP contribution in [0.4, 0.5) is 0 Å². The highest BCUT2D eigenvalue weighted by atomic mass is 35.5. The SMILES string of the molecule is CN1CCC(N2CCN(C(=O)COCC3CCCCN3S(=O)(=O)c3cccc4cccnc34)CC2)CC1.Cl.Cl. The predicted molar refractivity (Wildman–Crippen MR) is 157 cm³/mol. The summed E-state index contributed by atoms with van der Waals surface area (Å²) in [5, 5.41) is 0.801. The number of aromatic nitrogens is 1. The maximum Gasteiger partial charge on any atom is 0.248 e. The second-order valence-electron chi connectivity index (χ2n) is 10.6. The van der Waals surface area contributed by atoms with Gasteiger partial charge in [-0.05, 0) is 58.0 Å². The number of ether oxygens (including phenoxy) is 1. The van der Waals surface area contributed by atoms with Crippen molar-refractivity contribution in [3.63, 3.8) is 0 Å². The summed E-state index contributed by atoms with van der Waals surface area (Å²) in [5.41, 5.74) is 0.491. The highest BCUT2D eigenvalue weighted by Crippen LogP contribution is 2.29. The van der Waals surface area contributed by atoms with Crippen molar-refractivity contribution in [1.82, 2.24) is 24.0 Å². The minimum Gasteiger partial charge on any atom is -0.370 e. The van der Waals surface area contributed by atoms with Gasteiger partial charge in [0.15, 0.2) is 0 Å². The fourth-order valence-corrected chi connectivity index (χ4v) is 7.78. The van der Waals surface area contributed by atoms with Gasteiger partial charge in [-0.15, -0.1) is 24.8 Å². The van der Waals surface area contributed by atoms with E-state index in [1.165, 1.54) is 12.8 Å². The molecule has 3 saturated heterocycles. The van der Waals surface area contributed by atoms with Gasteiger partial charge in [-0.3, -0.25) is 14.7 Å². The summed E-state index contributed by atoms with van der Waals surface area (Å²) in [7, 11) is -1.57. The van der Waals surface area contributed by atoms with Crippen LogP contribution in [0.2, 0.25) is 0 Å². The van der Waals surface area contributed by atoms with Crippen molar-refractivity contribution in [3.05, 3.63) is 36.5 Å². The number of fused-ring (bicyclic) bond motifs is 1. The first-order valence-electron chi connectivity index (χ1n) is 13.6. The number of carbonyl (C=O) groups is 1. The number of hydrogen-bond acceptors (Lipinski definition) is 7. The minimum atomic E-state index is -3.74. The van der Waals surface area contributed by atoms with E-state index in [9.17, 15) is 13.2 Å². The zero-order valence-electron chi connectivity index (χ0n) is 22.6. The first-order chi connectivity index (χ1) is 17.9. The molecule has 0 saturated carbocycles. The molecule has 12 heteroatoms. The van der Waals surface area contributed by atoms with Crippen molar-refractivity contribution in [2.24, 2.45) is 0 Å². The van der Waals surface area contributed by atoms with E-state index in [2.05, 4.69) is 21.8 Å². The number of amides is 1. The molecule has 9 nitrogen and oxygen atoms in total. The van der Waals surface area contributed by atoms with Gasteiger partial charge in [-0.25, -0.2) is 8.42 Å². The van der Waals surface area contributed by atoms with Crippen LogP contribution in [0, 0.1) is 0 Å².